The van der Waals surface area contributed by atoms with Crippen molar-refractivity contribution >= 4 is 17.6 Å². The molecule has 1 heterocycles. The molecule has 0 aliphatic carbocycles. The van der Waals surface area contributed by atoms with Crippen molar-refractivity contribution in [1.82, 2.24) is 0 Å². The maximum absolute atomic E-state index is 11.0. The van der Waals surface area contributed by atoms with Crippen molar-refractivity contribution < 1.29 is 14.6 Å². The third-order valence-corrected chi connectivity index (χ3v) is 2.61. The van der Waals surface area contributed by atoms with E-state index in [-0.39, 0.29) is 11.6 Å². The minimum Gasteiger partial charge on any atom is -0.492 e. The zero-order chi connectivity index (χ0) is 11.0. The Kier molecular flexibility index (Phi) is 2.54. The molecule has 3 N–H and O–H groups in total. The summed E-state index contributed by atoms with van der Waals surface area (Å²) in [6, 6.07) is 2.83. The van der Waals surface area contributed by atoms with Gasteiger partial charge in [0.1, 0.15) is 11.3 Å². The van der Waals surface area contributed by atoms with Crippen LogP contribution in [0.1, 0.15) is 28.4 Å². The number of hydrogen-bond donors (Lipinski definition) is 2. The molecule has 0 saturated heterocycles. The first kappa shape index (κ1) is 10.3. The average molecular weight is 228 g/mol. The number of carboxylic acid groups (broad SMARTS) is 1. The van der Waals surface area contributed by atoms with E-state index in [1.807, 2.05) is 0 Å². The molecule has 0 saturated carbocycles. The lowest BCUT2D eigenvalue weighted by atomic mass is 9.98. The van der Waals surface area contributed by atoms with E-state index in [0.717, 1.165) is 0 Å². The molecule has 1 atom stereocenters. The second-order valence-electron chi connectivity index (χ2n) is 3.42. The zero-order valence-corrected chi connectivity index (χ0v) is 8.62. The summed E-state index contributed by atoms with van der Waals surface area (Å²) in [6.45, 7) is 0.441. The van der Waals surface area contributed by atoms with Crippen LogP contribution in [0.15, 0.2) is 12.1 Å². The second kappa shape index (κ2) is 3.72. The number of rotatable bonds is 1. The van der Waals surface area contributed by atoms with Gasteiger partial charge in [0.25, 0.3) is 0 Å². The van der Waals surface area contributed by atoms with Crippen LogP contribution in [0.5, 0.6) is 5.75 Å². The molecule has 0 fully saturated rings. The zero-order valence-electron chi connectivity index (χ0n) is 7.87. The topological polar surface area (TPSA) is 72.5 Å². The molecule has 2 rings (SSSR count). The van der Waals surface area contributed by atoms with Crippen molar-refractivity contribution in [1.29, 1.82) is 0 Å². The van der Waals surface area contributed by atoms with Crippen LogP contribution in [0.2, 0.25) is 5.02 Å². The Labute approximate surface area is 91.6 Å². The van der Waals surface area contributed by atoms with Gasteiger partial charge in [0.2, 0.25) is 0 Å². The molecule has 1 aromatic carbocycles. The molecule has 0 bridgehead atoms. The van der Waals surface area contributed by atoms with E-state index in [2.05, 4.69) is 0 Å². The third-order valence-electron chi connectivity index (χ3n) is 2.39. The third kappa shape index (κ3) is 1.78. The molecular formula is C10H10ClNO3. The Hall–Kier alpha value is -1.26. The Morgan fingerprint density at radius 2 is 2.33 bits per heavy atom. The van der Waals surface area contributed by atoms with Crippen LogP contribution in [0.4, 0.5) is 0 Å². The summed E-state index contributed by atoms with van der Waals surface area (Å²) in [7, 11) is 0. The first-order chi connectivity index (χ1) is 7.09. The molecular weight excluding hydrogens is 218 g/mol. The number of hydrogen-bond acceptors (Lipinski definition) is 3. The highest BCUT2D eigenvalue weighted by molar-refractivity contribution is 6.31. The molecule has 1 aliphatic heterocycles. The Balaban J connectivity index is 2.62. The smallest absolute Gasteiger partial charge is 0.339 e. The molecule has 4 nitrogen and oxygen atoms in total. The number of carbonyl (C=O) groups is 1. The minimum absolute atomic E-state index is 0.0765. The second-order valence-corrected chi connectivity index (χ2v) is 3.86. The van der Waals surface area contributed by atoms with Crippen LogP contribution in [0.3, 0.4) is 0 Å². The van der Waals surface area contributed by atoms with Gasteiger partial charge < -0.3 is 15.6 Å². The van der Waals surface area contributed by atoms with Gasteiger partial charge >= 0.3 is 5.97 Å². The van der Waals surface area contributed by atoms with Crippen LogP contribution in [-0.4, -0.2) is 17.7 Å². The van der Waals surface area contributed by atoms with Gasteiger partial charge in [-0.15, -0.1) is 0 Å². The van der Waals surface area contributed by atoms with Gasteiger partial charge in [-0.1, -0.05) is 11.6 Å². The van der Waals surface area contributed by atoms with Crippen LogP contribution in [0.25, 0.3) is 0 Å². The first-order valence-corrected chi connectivity index (χ1v) is 4.92. The van der Waals surface area contributed by atoms with Gasteiger partial charge in [-0.2, -0.15) is 0 Å². The highest BCUT2D eigenvalue weighted by Gasteiger charge is 2.24. The van der Waals surface area contributed by atoms with Gasteiger partial charge in [-0.25, -0.2) is 4.79 Å². The van der Waals surface area contributed by atoms with Gasteiger partial charge in [-0.05, 0) is 12.1 Å². The fraction of sp³-hybridized carbons (Fsp3) is 0.300. The summed E-state index contributed by atoms with van der Waals surface area (Å²) in [4.78, 5) is 11.0. The summed E-state index contributed by atoms with van der Waals surface area (Å²) in [5.74, 6) is -0.700. The number of halogens is 1. The minimum atomic E-state index is -1.05. The molecule has 1 aromatic rings. The Bertz CT molecular complexity index is 419. The predicted molar refractivity (Wildman–Crippen MR) is 55.5 cm³/mol. The molecule has 0 radical (unpaired) electrons. The van der Waals surface area contributed by atoms with E-state index in [4.69, 9.17) is 27.2 Å². The quantitative estimate of drug-likeness (QED) is 0.768. The Morgan fingerprint density at radius 1 is 1.60 bits per heavy atom. The highest BCUT2D eigenvalue weighted by Crippen LogP contribution is 2.36. The van der Waals surface area contributed by atoms with Crippen molar-refractivity contribution in [2.75, 3.05) is 6.61 Å². The van der Waals surface area contributed by atoms with Crippen LogP contribution < -0.4 is 10.5 Å². The molecule has 15 heavy (non-hydrogen) atoms. The lowest BCUT2D eigenvalue weighted by Gasteiger charge is -2.24. The van der Waals surface area contributed by atoms with Crippen molar-refractivity contribution in [3.05, 3.63) is 28.3 Å². The summed E-state index contributed by atoms with van der Waals surface area (Å²) in [5.41, 5.74) is 6.60. The van der Waals surface area contributed by atoms with Gasteiger partial charge in [0, 0.05) is 23.0 Å². The van der Waals surface area contributed by atoms with E-state index in [1.54, 1.807) is 6.07 Å². The summed E-state index contributed by atoms with van der Waals surface area (Å²) in [6.07, 6.45) is 0.673. The van der Waals surface area contributed by atoms with Gasteiger partial charge in [0.15, 0.2) is 0 Å². The number of carboxylic acids is 1. The monoisotopic (exact) mass is 227 g/mol. The maximum Gasteiger partial charge on any atom is 0.339 e. The number of benzene rings is 1. The van der Waals surface area contributed by atoms with Crippen molar-refractivity contribution in [2.45, 2.75) is 12.5 Å². The van der Waals surface area contributed by atoms with E-state index >= 15 is 0 Å². The fourth-order valence-corrected chi connectivity index (χ4v) is 1.88. The fourth-order valence-electron chi connectivity index (χ4n) is 1.65. The highest BCUT2D eigenvalue weighted by atomic mass is 35.5. The average Bonchev–Trinajstić information content (AvgIpc) is 2.18. The van der Waals surface area contributed by atoms with E-state index in [1.165, 1.54) is 6.07 Å². The van der Waals surface area contributed by atoms with Gasteiger partial charge in [-0.3, -0.25) is 0 Å². The molecule has 0 amide bonds. The lowest BCUT2D eigenvalue weighted by Crippen LogP contribution is -2.22. The van der Waals surface area contributed by atoms with Crippen LogP contribution in [-0.2, 0) is 0 Å². The number of nitrogens with two attached hydrogens (primary N) is 1. The van der Waals surface area contributed by atoms with Crippen molar-refractivity contribution in [3.63, 3.8) is 0 Å². The SMILES string of the molecule is NC1CCOc2c(C(=O)O)cc(Cl)cc21. The van der Waals surface area contributed by atoms with Crippen molar-refractivity contribution in [2.24, 2.45) is 5.73 Å². The largest absolute Gasteiger partial charge is 0.492 e. The summed E-state index contributed by atoms with van der Waals surface area (Å²) >= 11 is 5.82. The number of fused-ring (bicyclic) bond motifs is 1. The molecule has 0 spiro atoms. The van der Waals surface area contributed by atoms with Crippen LogP contribution in [0, 0.1) is 0 Å². The standard InChI is InChI=1S/C10H10ClNO3/c11-5-3-6-8(12)1-2-15-9(6)7(4-5)10(13)14/h3-4,8H,1-2,12H2,(H,13,14). The number of aromatic carboxylic acids is 1. The summed E-state index contributed by atoms with van der Waals surface area (Å²) in [5, 5.41) is 9.34. The normalized spacial score (nSPS) is 19.2. The first-order valence-electron chi connectivity index (χ1n) is 4.54. The maximum atomic E-state index is 11.0. The lowest BCUT2D eigenvalue weighted by molar-refractivity contribution is 0.0691. The Morgan fingerprint density at radius 3 is 3.00 bits per heavy atom. The predicted octanol–water partition coefficient (Wildman–Crippen LogP) is 1.82. The molecule has 80 valence electrons. The van der Waals surface area contributed by atoms with E-state index in [0.29, 0.717) is 29.4 Å². The summed E-state index contributed by atoms with van der Waals surface area (Å²) < 4.78 is 5.32. The van der Waals surface area contributed by atoms with Gasteiger partial charge in [0.05, 0.1) is 6.61 Å². The molecule has 5 heteroatoms. The van der Waals surface area contributed by atoms with E-state index in [9.17, 15) is 4.79 Å². The van der Waals surface area contributed by atoms with Crippen molar-refractivity contribution in [3.8, 4) is 5.75 Å². The van der Waals surface area contributed by atoms with E-state index < -0.39 is 5.97 Å². The number of ether oxygens (including phenoxy) is 1. The molecule has 1 aliphatic rings. The van der Waals surface area contributed by atoms with Crippen LogP contribution >= 0.6 is 11.6 Å². The molecule has 1 unspecified atom stereocenters. The molecule has 0 aromatic heterocycles.